The molecule has 1 unspecified atom stereocenters. The SMILES string of the molecule is CC(CN1CCOCC1)N(CCCO)Cc1ccccc1. The van der Waals surface area contributed by atoms with Gasteiger partial charge in [0.15, 0.2) is 0 Å². The summed E-state index contributed by atoms with van der Waals surface area (Å²) in [6, 6.07) is 11.1. The summed E-state index contributed by atoms with van der Waals surface area (Å²) in [6.07, 6.45) is 0.834. The van der Waals surface area contributed by atoms with Crippen LogP contribution < -0.4 is 0 Å². The van der Waals surface area contributed by atoms with Crippen molar-refractivity contribution in [3.63, 3.8) is 0 Å². The van der Waals surface area contributed by atoms with Crippen molar-refractivity contribution in [1.29, 1.82) is 0 Å². The Labute approximate surface area is 128 Å². The third-order valence-corrected chi connectivity index (χ3v) is 4.08. The molecule has 0 spiro atoms. The summed E-state index contributed by atoms with van der Waals surface area (Å²) in [5.74, 6) is 0. The Kier molecular flexibility index (Phi) is 7.16. The van der Waals surface area contributed by atoms with Crippen molar-refractivity contribution in [2.45, 2.75) is 25.9 Å². The lowest BCUT2D eigenvalue weighted by atomic mass is 10.1. The van der Waals surface area contributed by atoms with Crippen LogP contribution in [0.25, 0.3) is 0 Å². The normalized spacial score (nSPS) is 18.0. The van der Waals surface area contributed by atoms with Crippen LogP contribution in [0.4, 0.5) is 0 Å². The first-order chi connectivity index (χ1) is 10.3. The zero-order valence-electron chi connectivity index (χ0n) is 13.1. The van der Waals surface area contributed by atoms with Gasteiger partial charge in [-0.05, 0) is 18.9 Å². The van der Waals surface area contributed by atoms with Crippen LogP contribution in [0.1, 0.15) is 18.9 Å². The first kappa shape index (κ1) is 16.4. The smallest absolute Gasteiger partial charge is 0.0594 e. The average Bonchev–Trinajstić information content (AvgIpc) is 2.53. The molecular weight excluding hydrogens is 264 g/mol. The third-order valence-electron chi connectivity index (χ3n) is 4.08. The molecule has 118 valence electrons. The van der Waals surface area contributed by atoms with E-state index in [9.17, 15) is 0 Å². The van der Waals surface area contributed by atoms with Crippen molar-refractivity contribution >= 4 is 0 Å². The fraction of sp³-hybridized carbons (Fsp3) is 0.647. The monoisotopic (exact) mass is 292 g/mol. The molecule has 0 amide bonds. The molecule has 2 rings (SSSR count). The van der Waals surface area contributed by atoms with Gasteiger partial charge in [0.05, 0.1) is 13.2 Å². The number of ether oxygens (including phenoxy) is 1. The van der Waals surface area contributed by atoms with E-state index in [0.29, 0.717) is 6.04 Å². The van der Waals surface area contributed by atoms with Crippen molar-refractivity contribution in [1.82, 2.24) is 9.80 Å². The summed E-state index contributed by atoms with van der Waals surface area (Å²) in [6.45, 7) is 9.27. The Morgan fingerprint density at radius 3 is 2.62 bits per heavy atom. The van der Waals surface area contributed by atoms with Crippen LogP contribution in [-0.4, -0.2) is 66.9 Å². The van der Waals surface area contributed by atoms with Gasteiger partial charge in [-0.1, -0.05) is 30.3 Å². The van der Waals surface area contributed by atoms with Crippen LogP contribution in [-0.2, 0) is 11.3 Å². The number of morpholine rings is 1. The number of aliphatic hydroxyl groups is 1. The molecule has 4 nitrogen and oxygen atoms in total. The van der Waals surface area contributed by atoms with Gasteiger partial charge in [0.1, 0.15) is 0 Å². The largest absolute Gasteiger partial charge is 0.396 e. The van der Waals surface area contributed by atoms with Crippen LogP contribution in [0.5, 0.6) is 0 Å². The maximum atomic E-state index is 9.13. The van der Waals surface area contributed by atoms with Crippen molar-refractivity contribution in [3.05, 3.63) is 35.9 Å². The molecule has 4 heteroatoms. The Hall–Kier alpha value is -0.940. The summed E-state index contributed by atoms with van der Waals surface area (Å²) in [7, 11) is 0. The van der Waals surface area contributed by atoms with Crippen LogP contribution >= 0.6 is 0 Å². The van der Waals surface area contributed by atoms with Gasteiger partial charge in [-0.25, -0.2) is 0 Å². The first-order valence-electron chi connectivity index (χ1n) is 7.98. The molecule has 21 heavy (non-hydrogen) atoms. The molecule has 1 atom stereocenters. The molecule has 0 radical (unpaired) electrons. The Balaban J connectivity index is 1.90. The highest BCUT2D eigenvalue weighted by Gasteiger charge is 2.19. The van der Waals surface area contributed by atoms with Gasteiger partial charge in [0, 0.05) is 45.4 Å². The van der Waals surface area contributed by atoms with Crippen LogP contribution in [0.2, 0.25) is 0 Å². The minimum absolute atomic E-state index is 0.259. The quantitative estimate of drug-likeness (QED) is 0.789. The van der Waals surface area contributed by atoms with E-state index in [1.165, 1.54) is 5.56 Å². The lowest BCUT2D eigenvalue weighted by molar-refractivity contribution is 0.0230. The molecule has 0 aliphatic carbocycles. The summed E-state index contributed by atoms with van der Waals surface area (Å²) in [5, 5.41) is 9.13. The van der Waals surface area contributed by atoms with E-state index in [0.717, 1.165) is 52.4 Å². The van der Waals surface area contributed by atoms with Gasteiger partial charge in [-0.3, -0.25) is 9.80 Å². The highest BCUT2D eigenvalue weighted by atomic mass is 16.5. The van der Waals surface area contributed by atoms with Crippen LogP contribution in [0, 0.1) is 0 Å². The predicted molar refractivity (Wildman–Crippen MR) is 85.3 cm³/mol. The van der Waals surface area contributed by atoms with E-state index in [1.54, 1.807) is 0 Å². The minimum atomic E-state index is 0.259. The maximum Gasteiger partial charge on any atom is 0.0594 e. The van der Waals surface area contributed by atoms with Crippen molar-refractivity contribution < 1.29 is 9.84 Å². The summed E-state index contributed by atoms with van der Waals surface area (Å²) < 4.78 is 5.41. The number of hydrogen-bond donors (Lipinski definition) is 1. The van der Waals surface area contributed by atoms with Crippen LogP contribution in [0.3, 0.4) is 0 Å². The number of aliphatic hydroxyl groups excluding tert-OH is 1. The predicted octanol–water partition coefficient (Wildman–Crippen LogP) is 1.59. The maximum absolute atomic E-state index is 9.13. The zero-order valence-corrected chi connectivity index (χ0v) is 13.1. The summed E-state index contributed by atoms with van der Waals surface area (Å²) in [5.41, 5.74) is 1.34. The first-order valence-corrected chi connectivity index (χ1v) is 7.98. The van der Waals surface area contributed by atoms with E-state index in [4.69, 9.17) is 9.84 Å². The molecule has 1 aliphatic rings. The number of hydrogen-bond acceptors (Lipinski definition) is 4. The third kappa shape index (κ3) is 5.75. The van der Waals surface area contributed by atoms with Gasteiger partial charge in [-0.15, -0.1) is 0 Å². The second-order valence-electron chi connectivity index (χ2n) is 5.80. The second kappa shape index (κ2) is 9.15. The van der Waals surface area contributed by atoms with E-state index in [2.05, 4.69) is 47.1 Å². The van der Waals surface area contributed by atoms with Gasteiger partial charge < -0.3 is 9.84 Å². The van der Waals surface area contributed by atoms with Gasteiger partial charge >= 0.3 is 0 Å². The van der Waals surface area contributed by atoms with E-state index in [1.807, 2.05) is 0 Å². The minimum Gasteiger partial charge on any atom is -0.396 e. The number of nitrogens with zero attached hydrogens (tertiary/aromatic N) is 2. The fourth-order valence-corrected chi connectivity index (χ4v) is 2.82. The molecule has 0 bridgehead atoms. The fourth-order valence-electron chi connectivity index (χ4n) is 2.82. The molecule has 1 saturated heterocycles. The molecule has 1 N–H and O–H groups in total. The van der Waals surface area contributed by atoms with Crippen LogP contribution in [0.15, 0.2) is 30.3 Å². The van der Waals surface area contributed by atoms with Crippen molar-refractivity contribution in [3.8, 4) is 0 Å². The Morgan fingerprint density at radius 1 is 1.24 bits per heavy atom. The van der Waals surface area contributed by atoms with E-state index in [-0.39, 0.29) is 6.61 Å². The van der Waals surface area contributed by atoms with Crippen molar-refractivity contribution in [2.24, 2.45) is 0 Å². The van der Waals surface area contributed by atoms with Gasteiger partial charge in [-0.2, -0.15) is 0 Å². The topological polar surface area (TPSA) is 35.9 Å². The molecule has 1 heterocycles. The zero-order chi connectivity index (χ0) is 14.9. The highest BCUT2D eigenvalue weighted by molar-refractivity contribution is 5.14. The molecule has 1 aliphatic heterocycles. The Bertz CT molecular complexity index is 380. The van der Waals surface area contributed by atoms with E-state index >= 15 is 0 Å². The molecule has 1 fully saturated rings. The van der Waals surface area contributed by atoms with Gasteiger partial charge in [0.2, 0.25) is 0 Å². The summed E-state index contributed by atoms with van der Waals surface area (Å²) >= 11 is 0. The standard InChI is InChI=1S/C17H28N2O2/c1-16(14-18-9-12-21-13-10-18)19(8-5-11-20)15-17-6-3-2-4-7-17/h2-4,6-7,16,20H,5,8-15H2,1H3. The second-order valence-corrected chi connectivity index (χ2v) is 5.80. The van der Waals surface area contributed by atoms with Gasteiger partial charge in [0.25, 0.3) is 0 Å². The molecule has 1 aromatic carbocycles. The highest BCUT2D eigenvalue weighted by Crippen LogP contribution is 2.11. The molecule has 1 aromatic rings. The van der Waals surface area contributed by atoms with Crippen molar-refractivity contribution in [2.75, 3.05) is 46.0 Å². The summed E-state index contributed by atoms with van der Waals surface area (Å²) in [4.78, 5) is 4.95. The average molecular weight is 292 g/mol. The lowest BCUT2D eigenvalue weighted by Crippen LogP contribution is -2.46. The molecule has 0 aromatic heterocycles. The van der Waals surface area contributed by atoms with E-state index < -0.39 is 0 Å². The molecule has 0 saturated carbocycles. The lowest BCUT2D eigenvalue weighted by Gasteiger charge is -2.35. The number of rotatable bonds is 8. The number of benzene rings is 1. The molecular formula is C17H28N2O2. The Morgan fingerprint density at radius 2 is 1.95 bits per heavy atom.